The Morgan fingerprint density at radius 3 is 2.67 bits per heavy atom. The predicted molar refractivity (Wildman–Crippen MR) is 107 cm³/mol. The Bertz CT molecular complexity index is 954. The number of aryl methyl sites for hydroxylation is 3. The molecule has 0 saturated heterocycles. The molecule has 0 amide bonds. The lowest BCUT2D eigenvalue weighted by Gasteiger charge is -2.24. The molecular formula is C22H25N5. The van der Waals surface area contributed by atoms with Crippen LogP contribution >= 0.6 is 0 Å². The second-order valence-corrected chi connectivity index (χ2v) is 7.72. The first kappa shape index (κ1) is 16.5. The van der Waals surface area contributed by atoms with Crippen molar-refractivity contribution in [3.05, 3.63) is 53.5 Å². The molecule has 0 atom stereocenters. The minimum absolute atomic E-state index is 0.603. The van der Waals surface area contributed by atoms with Gasteiger partial charge in [-0.2, -0.15) is 5.10 Å². The molecule has 0 bridgehead atoms. The van der Waals surface area contributed by atoms with Crippen LogP contribution in [-0.4, -0.2) is 19.7 Å². The van der Waals surface area contributed by atoms with Crippen molar-refractivity contribution < 1.29 is 0 Å². The Balaban J connectivity index is 1.57. The maximum Gasteiger partial charge on any atom is 0.227 e. The van der Waals surface area contributed by atoms with E-state index in [9.17, 15) is 0 Å². The SMILES string of the molecule is Cn1nc2c(c1C1CCCCC1)-c1nc(Nc3ccccc3)ncc1CC2. The van der Waals surface area contributed by atoms with E-state index in [0.29, 0.717) is 11.9 Å². The molecule has 5 heteroatoms. The molecule has 1 saturated carbocycles. The highest BCUT2D eigenvalue weighted by atomic mass is 15.3. The summed E-state index contributed by atoms with van der Waals surface area (Å²) in [5, 5.41) is 8.22. The van der Waals surface area contributed by atoms with Gasteiger partial charge >= 0.3 is 0 Å². The Kier molecular flexibility index (Phi) is 4.15. The van der Waals surface area contributed by atoms with Gasteiger partial charge in [0.05, 0.1) is 17.1 Å². The van der Waals surface area contributed by atoms with E-state index < -0.39 is 0 Å². The summed E-state index contributed by atoms with van der Waals surface area (Å²) in [6.07, 6.45) is 10.5. The third-order valence-electron chi connectivity index (χ3n) is 5.92. The van der Waals surface area contributed by atoms with E-state index in [1.54, 1.807) is 0 Å². The Labute approximate surface area is 159 Å². The number of nitrogens with zero attached hydrogens (tertiary/aromatic N) is 4. The van der Waals surface area contributed by atoms with Crippen LogP contribution in [-0.2, 0) is 19.9 Å². The van der Waals surface area contributed by atoms with Crippen molar-refractivity contribution in [1.82, 2.24) is 19.7 Å². The van der Waals surface area contributed by atoms with Gasteiger partial charge in [0, 0.05) is 30.4 Å². The van der Waals surface area contributed by atoms with Crippen molar-refractivity contribution in [1.29, 1.82) is 0 Å². The number of hydrogen-bond donors (Lipinski definition) is 1. The van der Waals surface area contributed by atoms with Crippen LogP contribution in [0.1, 0.15) is 55.0 Å². The van der Waals surface area contributed by atoms with Gasteiger partial charge in [-0.15, -0.1) is 0 Å². The lowest BCUT2D eigenvalue weighted by atomic mass is 9.82. The van der Waals surface area contributed by atoms with Crippen molar-refractivity contribution in [3.63, 3.8) is 0 Å². The molecular weight excluding hydrogens is 334 g/mol. The monoisotopic (exact) mass is 359 g/mol. The average molecular weight is 359 g/mol. The van der Waals surface area contributed by atoms with Crippen LogP contribution in [0.2, 0.25) is 0 Å². The first-order chi connectivity index (χ1) is 13.3. The fourth-order valence-corrected chi connectivity index (χ4v) is 4.64. The predicted octanol–water partition coefficient (Wildman–Crippen LogP) is 4.77. The molecule has 5 rings (SSSR count). The molecule has 2 aromatic heterocycles. The van der Waals surface area contributed by atoms with Gasteiger partial charge in [-0.05, 0) is 43.4 Å². The van der Waals surface area contributed by atoms with Gasteiger partial charge in [0.25, 0.3) is 0 Å². The number of rotatable bonds is 3. The lowest BCUT2D eigenvalue weighted by Crippen LogP contribution is -2.13. The van der Waals surface area contributed by atoms with Gasteiger partial charge in [0.15, 0.2) is 0 Å². The maximum absolute atomic E-state index is 4.94. The highest BCUT2D eigenvalue weighted by Crippen LogP contribution is 2.42. The average Bonchev–Trinajstić information content (AvgIpc) is 3.06. The fraction of sp³-hybridized carbons (Fsp3) is 0.409. The van der Waals surface area contributed by atoms with Crippen molar-refractivity contribution >= 4 is 11.6 Å². The number of anilines is 2. The summed E-state index contributed by atoms with van der Waals surface area (Å²) in [6, 6.07) is 10.1. The van der Waals surface area contributed by atoms with Gasteiger partial charge < -0.3 is 5.32 Å². The molecule has 0 radical (unpaired) electrons. The Morgan fingerprint density at radius 2 is 1.85 bits per heavy atom. The molecule has 0 spiro atoms. The minimum Gasteiger partial charge on any atom is -0.324 e. The number of hydrogen-bond acceptors (Lipinski definition) is 4. The molecule has 1 N–H and O–H groups in total. The lowest BCUT2D eigenvalue weighted by molar-refractivity contribution is 0.425. The third-order valence-corrected chi connectivity index (χ3v) is 5.92. The van der Waals surface area contributed by atoms with E-state index in [2.05, 4.69) is 22.0 Å². The smallest absolute Gasteiger partial charge is 0.227 e. The zero-order valence-electron chi connectivity index (χ0n) is 15.8. The van der Waals surface area contributed by atoms with Gasteiger partial charge in [0.2, 0.25) is 5.95 Å². The zero-order chi connectivity index (χ0) is 18.2. The van der Waals surface area contributed by atoms with Gasteiger partial charge in [-0.1, -0.05) is 37.5 Å². The quantitative estimate of drug-likeness (QED) is 0.732. The molecule has 2 heterocycles. The molecule has 5 nitrogen and oxygen atoms in total. The van der Waals surface area contributed by atoms with Crippen LogP contribution in [0.4, 0.5) is 11.6 Å². The molecule has 3 aromatic rings. The van der Waals surface area contributed by atoms with E-state index in [1.807, 2.05) is 36.5 Å². The second kappa shape index (κ2) is 6.80. The van der Waals surface area contributed by atoms with E-state index in [4.69, 9.17) is 10.1 Å². The van der Waals surface area contributed by atoms with Crippen molar-refractivity contribution in [2.75, 3.05) is 5.32 Å². The van der Waals surface area contributed by atoms with Crippen LogP contribution in [0.15, 0.2) is 36.5 Å². The van der Waals surface area contributed by atoms with Gasteiger partial charge in [-0.3, -0.25) is 4.68 Å². The molecule has 1 fully saturated rings. The highest BCUT2D eigenvalue weighted by molar-refractivity contribution is 5.72. The summed E-state index contributed by atoms with van der Waals surface area (Å²) >= 11 is 0. The van der Waals surface area contributed by atoms with Crippen LogP contribution in [0.25, 0.3) is 11.3 Å². The third kappa shape index (κ3) is 3.01. The molecule has 1 aromatic carbocycles. The van der Waals surface area contributed by atoms with E-state index in [1.165, 1.54) is 54.6 Å². The fourth-order valence-electron chi connectivity index (χ4n) is 4.64. The molecule has 0 unspecified atom stereocenters. The number of aromatic nitrogens is 4. The van der Waals surface area contributed by atoms with Gasteiger partial charge in [0.1, 0.15) is 0 Å². The van der Waals surface area contributed by atoms with Gasteiger partial charge in [-0.25, -0.2) is 9.97 Å². The summed E-state index contributed by atoms with van der Waals surface area (Å²) in [5.41, 5.74) is 7.20. The molecule has 0 aliphatic heterocycles. The minimum atomic E-state index is 0.603. The summed E-state index contributed by atoms with van der Waals surface area (Å²) in [5.74, 6) is 1.26. The number of para-hydroxylation sites is 1. The van der Waals surface area contributed by atoms with E-state index in [-0.39, 0.29) is 0 Å². The maximum atomic E-state index is 4.94. The normalized spacial score (nSPS) is 16.6. The Hall–Kier alpha value is -2.69. The van der Waals surface area contributed by atoms with E-state index in [0.717, 1.165) is 24.2 Å². The molecule has 138 valence electrons. The summed E-state index contributed by atoms with van der Waals surface area (Å²) in [6.45, 7) is 0. The molecule has 2 aliphatic carbocycles. The second-order valence-electron chi connectivity index (χ2n) is 7.72. The summed E-state index contributed by atoms with van der Waals surface area (Å²) in [4.78, 5) is 9.50. The largest absolute Gasteiger partial charge is 0.324 e. The zero-order valence-corrected chi connectivity index (χ0v) is 15.8. The first-order valence-electron chi connectivity index (χ1n) is 10.0. The highest BCUT2D eigenvalue weighted by Gasteiger charge is 2.30. The van der Waals surface area contributed by atoms with Crippen LogP contribution in [0.5, 0.6) is 0 Å². The first-order valence-corrected chi connectivity index (χ1v) is 10.0. The summed E-state index contributed by atoms with van der Waals surface area (Å²) in [7, 11) is 2.10. The molecule has 27 heavy (non-hydrogen) atoms. The molecule has 2 aliphatic rings. The number of nitrogens with one attached hydrogen (secondary N) is 1. The van der Waals surface area contributed by atoms with Crippen LogP contribution in [0.3, 0.4) is 0 Å². The van der Waals surface area contributed by atoms with Crippen molar-refractivity contribution in [2.24, 2.45) is 7.05 Å². The van der Waals surface area contributed by atoms with Crippen LogP contribution < -0.4 is 5.32 Å². The van der Waals surface area contributed by atoms with Crippen LogP contribution in [0, 0.1) is 0 Å². The topological polar surface area (TPSA) is 55.6 Å². The number of fused-ring (bicyclic) bond motifs is 3. The van der Waals surface area contributed by atoms with Crippen molar-refractivity contribution in [3.8, 4) is 11.3 Å². The number of benzene rings is 1. The summed E-state index contributed by atoms with van der Waals surface area (Å²) < 4.78 is 2.13. The Morgan fingerprint density at radius 1 is 1.04 bits per heavy atom. The standard InChI is InChI=1S/C22H25N5/c1-27-21(15-8-4-2-5-9-15)19-18(26-27)13-12-16-14-23-22(25-20(16)19)24-17-10-6-3-7-11-17/h3,6-7,10-11,14-15H,2,4-5,8-9,12-13H2,1H3,(H,23,24,25). The van der Waals surface area contributed by atoms with Crippen molar-refractivity contribution in [2.45, 2.75) is 50.9 Å². The van der Waals surface area contributed by atoms with E-state index >= 15 is 0 Å².